The molecule has 88 valence electrons. The lowest BCUT2D eigenvalue weighted by atomic mass is 9.83. The van der Waals surface area contributed by atoms with Crippen molar-refractivity contribution in [2.75, 3.05) is 0 Å². The second-order valence-corrected chi connectivity index (χ2v) is 5.56. The zero-order chi connectivity index (χ0) is 11.4. The van der Waals surface area contributed by atoms with Gasteiger partial charge in [0.2, 0.25) is 0 Å². The lowest BCUT2D eigenvalue weighted by Crippen LogP contribution is -2.12. The fourth-order valence-electron chi connectivity index (χ4n) is 2.63. The van der Waals surface area contributed by atoms with Crippen molar-refractivity contribution in [2.45, 2.75) is 56.7 Å². The van der Waals surface area contributed by atoms with Crippen LogP contribution >= 0.6 is 11.6 Å². The lowest BCUT2D eigenvalue weighted by molar-refractivity contribution is 0.449. The fraction of sp³-hybridized carbons (Fsp3) is 0.600. The molecule has 0 nitrogen and oxygen atoms in total. The van der Waals surface area contributed by atoms with Crippen molar-refractivity contribution >= 4 is 11.6 Å². The third-order valence-corrected chi connectivity index (χ3v) is 4.08. The SMILES string of the molecule is CCCc1ccc(C2CCC(Cl)CC2)cc1. The highest BCUT2D eigenvalue weighted by molar-refractivity contribution is 6.20. The van der Waals surface area contributed by atoms with E-state index in [1.54, 1.807) is 0 Å². The van der Waals surface area contributed by atoms with E-state index in [1.807, 2.05) is 0 Å². The highest BCUT2D eigenvalue weighted by Crippen LogP contribution is 2.34. The lowest BCUT2D eigenvalue weighted by Gasteiger charge is -2.25. The molecule has 16 heavy (non-hydrogen) atoms. The van der Waals surface area contributed by atoms with Crippen LogP contribution in [0.3, 0.4) is 0 Å². The standard InChI is InChI=1S/C15H21Cl/c1-2-3-12-4-6-13(7-5-12)14-8-10-15(16)11-9-14/h4-7,14-15H,2-3,8-11H2,1H3. The number of alkyl halides is 1. The van der Waals surface area contributed by atoms with Gasteiger partial charge in [-0.15, -0.1) is 11.6 Å². The molecule has 0 aliphatic heterocycles. The predicted molar refractivity (Wildman–Crippen MR) is 71.3 cm³/mol. The molecule has 1 aliphatic rings. The minimum atomic E-state index is 0.426. The van der Waals surface area contributed by atoms with Gasteiger partial charge in [-0.1, -0.05) is 37.6 Å². The number of hydrogen-bond donors (Lipinski definition) is 0. The largest absolute Gasteiger partial charge is 0.123 e. The molecule has 0 amide bonds. The number of halogens is 1. The molecule has 1 fully saturated rings. The zero-order valence-corrected chi connectivity index (χ0v) is 10.8. The monoisotopic (exact) mass is 236 g/mol. The van der Waals surface area contributed by atoms with Gasteiger partial charge in [-0.2, -0.15) is 0 Å². The van der Waals surface area contributed by atoms with Gasteiger partial charge in [-0.25, -0.2) is 0 Å². The van der Waals surface area contributed by atoms with Gasteiger partial charge in [0.25, 0.3) is 0 Å². The van der Waals surface area contributed by atoms with Crippen LogP contribution in [-0.2, 0) is 6.42 Å². The summed E-state index contributed by atoms with van der Waals surface area (Å²) in [5, 5.41) is 0.426. The van der Waals surface area contributed by atoms with E-state index in [2.05, 4.69) is 31.2 Å². The first kappa shape index (κ1) is 12.0. The van der Waals surface area contributed by atoms with E-state index in [1.165, 1.54) is 49.7 Å². The molecule has 1 aromatic carbocycles. The summed E-state index contributed by atoms with van der Waals surface area (Å²) < 4.78 is 0. The van der Waals surface area contributed by atoms with Crippen LogP contribution in [0.1, 0.15) is 56.1 Å². The molecule has 1 heteroatoms. The van der Waals surface area contributed by atoms with Crippen LogP contribution in [0.5, 0.6) is 0 Å². The molecule has 0 radical (unpaired) electrons. The summed E-state index contributed by atoms with van der Waals surface area (Å²) in [6, 6.07) is 9.24. The minimum Gasteiger partial charge on any atom is -0.123 e. The number of aryl methyl sites for hydroxylation is 1. The molecule has 1 aliphatic carbocycles. The van der Waals surface area contributed by atoms with Crippen LogP contribution < -0.4 is 0 Å². The number of benzene rings is 1. The molecule has 0 heterocycles. The zero-order valence-electron chi connectivity index (χ0n) is 10.1. The van der Waals surface area contributed by atoms with Crippen LogP contribution in [0.15, 0.2) is 24.3 Å². The second-order valence-electron chi connectivity index (χ2n) is 4.94. The van der Waals surface area contributed by atoms with Crippen molar-refractivity contribution in [3.63, 3.8) is 0 Å². The van der Waals surface area contributed by atoms with E-state index in [4.69, 9.17) is 11.6 Å². The predicted octanol–water partition coefficient (Wildman–Crippen LogP) is 4.90. The summed E-state index contributed by atoms with van der Waals surface area (Å²) in [6.45, 7) is 2.23. The average molecular weight is 237 g/mol. The summed E-state index contributed by atoms with van der Waals surface area (Å²) in [6.07, 6.45) is 7.33. The summed E-state index contributed by atoms with van der Waals surface area (Å²) in [7, 11) is 0. The molecular weight excluding hydrogens is 216 g/mol. The first-order chi connectivity index (χ1) is 7.79. The van der Waals surface area contributed by atoms with E-state index >= 15 is 0 Å². The fourth-order valence-corrected chi connectivity index (χ4v) is 2.88. The van der Waals surface area contributed by atoms with Crippen LogP contribution in [0.25, 0.3) is 0 Å². The van der Waals surface area contributed by atoms with Crippen LogP contribution in [0, 0.1) is 0 Å². The topological polar surface area (TPSA) is 0 Å². The van der Waals surface area contributed by atoms with E-state index in [0.717, 1.165) is 5.92 Å². The van der Waals surface area contributed by atoms with Gasteiger partial charge in [0.15, 0.2) is 0 Å². The molecule has 0 spiro atoms. The van der Waals surface area contributed by atoms with Gasteiger partial charge in [0, 0.05) is 5.38 Å². The normalized spacial score (nSPS) is 25.6. The van der Waals surface area contributed by atoms with Crippen LogP contribution in [0.4, 0.5) is 0 Å². The molecule has 0 aromatic heterocycles. The van der Waals surface area contributed by atoms with Gasteiger partial charge in [-0.3, -0.25) is 0 Å². The summed E-state index contributed by atoms with van der Waals surface area (Å²) in [5.74, 6) is 0.755. The van der Waals surface area contributed by atoms with Crippen LogP contribution in [-0.4, -0.2) is 5.38 Å². The first-order valence-corrected chi connectivity index (χ1v) is 6.96. The minimum absolute atomic E-state index is 0.426. The third kappa shape index (κ3) is 3.01. The molecule has 0 saturated heterocycles. The van der Waals surface area contributed by atoms with E-state index in [0.29, 0.717) is 5.38 Å². The first-order valence-electron chi connectivity index (χ1n) is 6.52. The molecule has 0 bridgehead atoms. The maximum atomic E-state index is 6.14. The Hall–Kier alpha value is -0.490. The Bertz CT molecular complexity index is 307. The Kier molecular flexibility index (Phi) is 4.29. The molecule has 1 aromatic rings. The number of hydrogen-bond acceptors (Lipinski definition) is 0. The van der Waals surface area contributed by atoms with Crippen molar-refractivity contribution in [3.05, 3.63) is 35.4 Å². The van der Waals surface area contributed by atoms with Gasteiger partial charge >= 0.3 is 0 Å². The van der Waals surface area contributed by atoms with Crippen molar-refractivity contribution in [1.29, 1.82) is 0 Å². The van der Waals surface area contributed by atoms with Gasteiger partial charge in [-0.05, 0) is 49.1 Å². The maximum absolute atomic E-state index is 6.14. The van der Waals surface area contributed by atoms with Crippen molar-refractivity contribution in [1.82, 2.24) is 0 Å². The quantitative estimate of drug-likeness (QED) is 0.655. The van der Waals surface area contributed by atoms with Gasteiger partial charge in [0.05, 0.1) is 0 Å². The highest BCUT2D eigenvalue weighted by atomic mass is 35.5. The number of rotatable bonds is 3. The Labute approximate surface area is 104 Å². The Morgan fingerprint density at radius 3 is 2.25 bits per heavy atom. The third-order valence-electron chi connectivity index (χ3n) is 3.65. The van der Waals surface area contributed by atoms with Gasteiger partial charge < -0.3 is 0 Å². The molecular formula is C15H21Cl. The van der Waals surface area contributed by atoms with Crippen molar-refractivity contribution in [2.24, 2.45) is 0 Å². The molecule has 0 N–H and O–H groups in total. The molecule has 2 rings (SSSR count). The van der Waals surface area contributed by atoms with Crippen molar-refractivity contribution < 1.29 is 0 Å². The smallest absolute Gasteiger partial charge is 0.0336 e. The summed E-state index contributed by atoms with van der Waals surface area (Å²) >= 11 is 6.14. The molecule has 0 atom stereocenters. The molecule has 1 saturated carbocycles. The average Bonchev–Trinajstić information content (AvgIpc) is 2.32. The summed E-state index contributed by atoms with van der Waals surface area (Å²) in [5.41, 5.74) is 2.99. The summed E-state index contributed by atoms with van der Waals surface area (Å²) in [4.78, 5) is 0. The Morgan fingerprint density at radius 1 is 1.06 bits per heavy atom. The Morgan fingerprint density at radius 2 is 1.69 bits per heavy atom. The van der Waals surface area contributed by atoms with E-state index < -0.39 is 0 Å². The van der Waals surface area contributed by atoms with Crippen molar-refractivity contribution in [3.8, 4) is 0 Å². The highest BCUT2D eigenvalue weighted by Gasteiger charge is 2.20. The second kappa shape index (κ2) is 5.72. The van der Waals surface area contributed by atoms with Crippen LogP contribution in [0.2, 0.25) is 0 Å². The van der Waals surface area contributed by atoms with E-state index in [-0.39, 0.29) is 0 Å². The van der Waals surface area contributed by atoms with Gasteiger partial charge in [0.1, 0.15) is 0 Å². The molecule has 0 unspecified atom stereocenters. The maximum Gasteiger partial charge on any atom is 0.0336 e. The van der Waals surface area contributed by atoms with E-state index in [9.17, 15) is 0 Å². The Balaban J connectivity index is 1.98.